The first-order valence-electron chi connectivity index (χ1n) is 12.7. The highest BCUT2D eigenvalue weighted by atomic mass is 19.1. The molecule has 3 fully saturated rings. The number of ketones is 2. The second-order valence-electron chi connectivity index (χ2n) is 11.3. The lowest BCUT2D eigenvalue weighted by Gasteiger charge is -2.62. The molecule has 9 heteroatoms. The quantitative estimate of drug-likeness (QED) is 0.561. The Hall–Kier alpha value is -2.55. The van der Waals surface area contributed by atoms with Gasteiger partial charge in [-0.1, -0.05) is 19.4 Å². The third kappa shape index (κ3) is 3.27. The minimum absolute atomic E-state index is 0.110. The summed E-state index contributed by atoms with van der Waals surface area (Å²) in [5.74, 6) is -3.22. The molecule has 1 amide bonds. The van der Waals surface area contributed by atoms with E-state index >= 15 is 4.39 Å². The number of ether oxygens (including phenoxy) is 2. The van der Waals surface area contributed by atoms with Gasteiger partial charge in [0.25, 0.3) is 0 Å². The summed E-state index contributed by atoms with van der Waals surface area (Å²) >= 11 is 0. The van der Waals surface area contributed by atoms with Crippen molar-refractivity contribution in [3.05, 3.63) is 23.5 Å². The predicted molar refractivity (Wildman–Crippen MR) is 127 cm³/mol. The number of aliphatic hydroxyl groups is 1. The molecular weight excluding hydrogens is 469 g/mol. The number of alkyl carbamates (subject to hydrolysis) is 1. The number of allylic oxidation sites excluding steroid dienone is 3. The highest BCUT2D eigenvalue weighted by Crippen LogP contribution is 2.71. The van der Waals surface area contributed by atoms with Crippen molar-refractivity contribution in [2.24, 2.45) is 28.6 Å². The minimum atomic E-state index is -2.19. The molecule has 0 heterocycles. The molecule has 0 bridgehead atoms. The smallest absolute Gasteiger partial charge is 0.408 e. The van der Waals surface area contributed by atoms with Crippen LogP contribution in [0.25, 0.3) is 0 Å². The lowest BCUT2D eigenvalue weighted by Crippen LogP contribution is -2.70. The zero-order valence-electron chi connectivity index (χ0n) is 21.8. The maximum absolute atomic E-state index is 17.5. The van der Waals surface area contributed by atoms with Gasteiger partial charge in [0, 0.05) is 36.1 Å². The van der Waals surface area contributed by atoms with Crippen molar-refractivity contribution in [2.75, 3.05) is 6.54 Å². The fraction of sp³-hybridized carbons (Fsp3) is 0.704. The Morgan fingerprint density at radius 2 is 1.89 bits per heavy atom. The summed E-state index contributed by atoms with van der Waals surface area (Å²) in [6.45, 7) is 9.91. The van der Waals surface area contributed by atoms with Gasteiger partial charge in [0.15, 0.2) is 22.8 Å². The van der Waals surface area contributed by atoms with Crippen LogP contribution in [0.5, 0.6) is 0 Å². The van der Waals surface area contributed by atoms with Crippen LogP contribution in [0.1, 0.15) is 67.2 Å². The fourth-order valence-corrected chi connectivity index (χ4v) is 8.19. The number of hydrogen-bond acceptors (Lipinski definition) is 7. The maximum Gasteiger partial charge on any atom is 0.408 e. The van der Waals surface area contributed by atoms with E-state index in [1.807, 2.05) is 13.8 Å². The van der Waals surface area contributed by atoms with E-state index in [0.29, 0.717) is 31.4 Å². The Bertz CT molecular complexity index is 1080. The van der Waals surface area contributed by atoms with Crippen molar-refractivity contribution >= 4 is 23.6 Å². The van der Waals surface area contributed by atoms with Crippen LogP contribution in [0.2, 0.25) is 0 Å². The molecular formula is C27H36FNO7. The first-order chi connectivity index (χ1) is 16.7. The van der Waals surface area contributed by atoms with Crippen LogP contribution in [0.3, 0.4) is 0 Å². The topological polar surface area (TPSA) is 119 Å². The Balaban J connectivity index is 1.82. The summed E-state index contributed by atoms with van der Waals surface area (Å²) in [6.07, 6.45) is 1.55. The summed E-state index contributed by atoms with van der Waals surface area (Å²) in [4.78, 5) is 49.9. The largest absolute Gasteiger partial charge is 0.434 e. The fourth-order valence-electron chi connectivity index (χ4n) is 8.19. The van der Waals surface area contributed by atoms with Gasteiger partial charge < -0.3 is 19.9 Å². The van der Waals surface area contributed by atoms with E-state index in [2.05, 4.69) is 5.32 Å². The number of amides is 1. The molecule has 0 radical (unpaired) electrons. The number of carbonyl (C=O) groups excluding carboxylic acids is 4. The van der Waals surface area contributed by atoms with Crippen molar-refractivity contribution in [1.29, 1.82) is 0 Å². The number of fused-ring (bicyclic) bond motifs is 5. The van der Waals surface area contributed by atoms with Gasteiger partial charge in [-0.05, 0) is 64.5 Å². The molecule has 0 aromatic carbocycles. The number of hydrogen-bond donors (Lipinski definition) is 2. The van der Waals surface area contributed by atoms with Crippen molar-refractivity contribution in [3.63, 3.8) is 0 Å². The average molecular weight is 506 g/mol. The van der Waals surface area contributed by atoms with E-state index in [9.17, 15) is 24.3 Å². The van der Waals surface area contributed by atoms with E-state index in [1.165, 1.54) is 26.0 Å². The number of esters is 1. The zero-order chi connectivity index (χ0) is 26.8. The van der Waals surface area contributed by atoms with Crippen molar-refractivity contribution in [2.45, 2.75) is 84.6 Å². The molecule has 8 nitrogen and oxygen atoms in total. The number of carbonyl (C=O) groups is 4. The van der Waals surface area contributed by atoms with Gasteiger partial charge in [0.1, 0.15) is 0 Å². The van der Waals surface area contributed by atoms with Crippen LogP contribution < -0.4 is 5.32 Å². The molecule has 0 aliphatic heterocycles. The molecule has 0 aromatic heterocycles. The minimum Gasteiger partial charge on any atom is -0.434 e. The summed E-state index contributed by atoms with van der Waals surface area (Å²) in [5, 5.41) is 14.1. The molecule has 5 unspecified atom stereocenters. The predicted octanol–water partition coefficient (Wildman–Crippen LogP) is 3.57. The van der Waals surface area contributed by atoms with Crippen molar-refractivity contribution in [1.82, 2.24) is 5.32 Å². The van der Waals surface area contributed by atoms with E-state index in [-0.39, 0.29) is 23.9 Å². The van der Waals surface area contributed by atoms with Gasteiger partial charge in [-0.25, -0.2) is 9.18 Å². The van der Waals surface area contributed by atoms with Gasteiger partial charge in [0.05, 0.1) is 6.10 Å². The molecule has 0 saturated heterocycles. The highest BCUT2D eigenvalue weighted by Gasteiger charge is 2.77. The van der Waals surface area contributed by atoms with Gasteiger partial charge in [-0.3, -0.25) is 14.4 Å². The first-order valence-corrected chi connectivity index (χ1v) is 12.7. The molecule has 0 aromatic rings. The second-order valence-corrected chi connectivity index (χ2v) is 11.3. The molecule has 8 atom stereocenters. The molecule has 4 aliphatic rings. The third-order valence-electron chi connectivity index (χ3n) is 9.60. The normalized spacial score (nSPS) is 43.3. The van der Waals surface area contributed by atoms with Crippen LogP contribution >= 0.6 is 0 Å². The number of halogens is 1. The number of aliphatic hydroxyl groups excluding tert-OH is 1. The van der Waals surface area contributed by atoms with Crippen molar-refractivity contribution < 1.29 is 38.1 Å². The van der Waals surface area contributed by atoms with Gasteiger partial charge >= 0.3 is 12.1 Å². The van der Waals surface area contributed by atoms with Gasteiger partial charge in [-0.15, -0.1) is 0 Å². The highest BCUT2D eigenvalue weighted by molar-refractivity contribution is 6.05. The summed E-state index contributed by atoms with van der Waals surface area (Å²) in [5.41, 5.74) is -5.55. The number of nitrogens with one attached hydrogen (secondary N) is 1. The average Bonchev–Trinajstić information content (AvgIpc) is 2.98. The molecule has 4 rings (SSSR count). The van der Waals surface area contributed by atoms with E-state index in [4.69, 9.17) is 9.47 Å². The summed E-state index contributed by atoms with van der Waals surface area (Å²) < 4.78 is 28.5. The molecule has 36 heavy (non-hydrogen) atoms. The summed E-state index contributed by atoms with van der Waals surface area (Å²) in [6, 6.07) is 0. The van der Waals surface area contributed by atoms with Crippen LogP contribution in [0.15, 0.2) is 23.5 Å². The van der Waals surface area contributed by atoms with Crippen LogP contribution in [-0.2, 0) is 23.9 Å². The van der Waals surface area contributed by atoms with Crippen molar-refractivity contribution in [3.8, 4) is 0 Å². The number of rotatable bonds is 4. The van der Waals surface area contributed by atoms with E-state index in [0.717, 1.165) is 0 Å². The molecule has 2 N–H and O–H groups in total. The molecule has 198 valence electrons. The standard InChI is InChI=1S/C27H36FNO7/c1-7-29-23(34)36-27(15(3)30)14(2)10-19-18-9-8-17-11-20(32)21(35-16(4)31)12-24(17,5)26(18,28)22(33)13-25(19,27)6/h11-12,14,18-19,22,33H,7-10,13H2,1-6H3,(H,29,34)/t14?,18?,19?,22?,24-,25-,26?,27+/m0/s1. The van der Waals surface area contributed by atoms with E-state index in [1.54, 1.807) is 13.8 Å². The monoisotopic (exact) mass is 505 g/mol. The molecule has 3 saturated carbocycles. The Kier molecular flexibility index (Phi) is 6.26. The maximum atomic E-state index is 17.5. The number of Topliss-reactive ketones (excluding diaryl/α,β-unsaturated/α-hetero) is 1. The zero-order valence-corrected chi connectivity index (χ0v) is 21.8. The van der Waals surface area contributed by atoms with Gasteiger partial charge in [0.2, 0.25) is 5.78 Å². The first kappa shape index (κ1) is 26.5. The molecule has 4 aliphatic carbocycles. The Morgan fingerprint density at radius 3 is 2.47 bits per heavy atom. The lowest BCUT2D eigenvalue weighted by molar-refractivity contribution is -0.218. The Morgan fingerprint density at radius 1 is 1.22 bits per heavy atom. The van der Waals surface area contributed by atoms with Crippen LogP contribution in [0, 0.1) is 28.6 Å². The number of alkyl halides is 1. The molecule has 0 spiro atoms. The van der Waals surface area contributed by atoms with E-state index < -0.39 is 57.9 Å². The third-order valence-corrected chi connectivity index (χ3v) is 9.60. The van der Waals surface area contributed by atoms with Gasteiger partial charge in [-0.2, -0.15) is 0 Å². The second kappa shape index (κ2) is 8.50. The SMILES string of the molecule is CCNC(=O)O[C@@]1(C(C)=O)C(C)CC2C3CCC4=CC(=O)C(OC(C)=O)=C[C@]4(C)C3(F)C(O)C[C@@]21C. The lowest BCUT2D eigenvalue weighted by atomic mass is 9.44. The summed E-state index contributed by atoms with van der Waals surface area (Å²) in [7, 11) is 0. The van der Waals surface area contributed by atoms with Crippen LogP contribution in [-0.4, -0.2) is 52.7 Å². The van der Waals surface area contributed by atoms with Crippen LogP contribution in [0.4, 0.5) is 9.18 Å². The Labute approximate surface area is 210 Å².